The number of hydrogen-bond donors (Lipinski definition) is 13. The van der Waals surface area contributed by atoms with Gasteiger partial charge in [-0.15, -0.1) is 0 Å². The van der Waals surface area contributed by atoms with Gasteiger partial charge in [0, 0.05) is 25.7 Å². The molecule has 0 aliphatic heterocycles. The van der Waals surface area contributed by atoms with Crippen LogP contribution in [0.25, 0.3) is 0 Å². The number of rotatable bonds is 21. The molecule has 0 aromatic rings. The number of hydrogen-bond acceptors (Lipinski definition) is 14. The fraction of sp³-hybridized carbons (Fsp3) is 0.583. The number of aliphatic carboxylic acids is 10. The Morgan fingerprint density at radius 3 is 0.765 bits per heavy atom. The average Bonchev–Trinajstić information content (AvgIpc) is 2.92. The normalized spacial score (nSPS) is 11.6. The van der Waals surface area contributed by atoms with Crippen molar-refractivity contribution in [2.45, 2.75) is 75.5 Å². The molecular weight excluding hydrogens is 750 g/mol. The summed E-state index contributed by atoms with van der Waals surface area (Å²) < 4.78 is 0. The Balaban J connectivity index is -0.000000103. The van der Waals surface area contributed by atoms with Crippen LogP contribution in [0.1, 0.15) is 51.4 Å². The van der Waals surface area contributed by atoms with E-state index < -0.39 is 103 Å². The van der Waals surface area contributed by atoms with Gasteiger partial charge in [0.05, 0.1) is 13.1 Å². The minimum absolute atomic E-state index is 0. The van der Waals surface area contributed by atoms with Gasteiger partial charge in [0.1, 0.15) is 24.2 Å². The summed E-state index contributed by atoms with van der Waals surface area (Å²) in [5.74, 6) is -12.1. The minimum atomic E-state index is -1.46. The van der Waals surface area contributed by atoms with Crippen molar-refractivity contribution in [2.24, 2.45) is 17.2 Å². The van der Waals surface area contributed by atoms with Crippen LogP contribution in [0, 0.1) is 0 Å². The molecule has 16 N–H and O–H groups in total. The Bertz CT molecular complexity index is 1040. The Hall–Kier alpha value is -2.20. The predicted octanol–water partition coefficient (Wildman–Crippen LogP) is -5.65. The zero-order valence-electron chi connectivity index (χ0n) is 25.1. The van der Waals surface area contributed by atoms with Gasteiger partial charge < -0.3 is 68.3 Å². The molecule has 0 saturated carbocycles. The van der Waals surface area contributed by atoms with E-state index in [-0.39, 0.29) is 142 Å². The second-order valence-corrected chi connectivity index (χ2v) is 9.11. The first-order valence-corrected chi connectivity index (χ1v) is 13.1. The Kier molecular flexibility index (Phi) is 47.0. The quantitative estimate of drug-likeness (QED) is 0.0482. The molecule has 0 aliphatic rings. The molecule has 51 heavy (non-hydrogen) atoms. The van der Waals surface area contributed by atoms with Crippen LogP contribution in [-0.4, -0.2) is 250 Å². The molecule has 0 unspecified atom stereocenters. The van der Waals surface area contributed by atoms with Crippen molar-refractivity contribution in [3.05, 3.63) is 0 Å². The Morgan fingerprint density at radius 2 is 0.608 bits per heavy atom. The van der Waals surface area contributed by atoms with Gasteiger partial charge in [-0.3, -0.25) is 52.8 Å². The molecular formula is C24H44CaN4Na2O20. The van der Waals surface area contributed by atoms with E-state index in [2.05, 4.69) is 0 Å². The van der Waals surface area contributed by atoms with Gasteiger partial charge in [-0.2, -0.15) is 0 Å². The summed E-state index contributed by atoms with van der Waals surface area (Å²) in [6, 6.07) is -4.64. The van der Waals surface area contributed by atoms with Gasteiger partial charge in [-0.05, 0) is 25.7 Å². The first-order chi connectivity index (χ1) is 21.8. The molecule has 0 aromatic carbocycles. The zero-order valence-corrected chi connectivity index (χ0v) is 25.1. The summed E-state index contributed by atoms with van der Waals surface area (Å²) in [6.07, 6.45) is -1.54. The summed E-state index contributed by atoms with van der Waals surface area (Å²) in [5.41, 5.74) is 15.0. The number of carbonyl (C=O) groups is 10. The Morgan fingerprint density at radius 1 is 0.392 bits per heavy atom. The van der Waals surface area contributed by atoms with Crippen LogP contribution in [-0.2, 0) is 47.9 Å². The number of nitrogens with zero attached hydrogens (tertiary/aromatic N) is 1. The van der Waals surface area contributed by atoms with Crippen molar-refractivity contribution in [1.29, 1.82) is 0 Å². The first-order valence-electron chi connectivity index (χ1n) is 13.1. The van der Waals surface area contributed by atoms with E-state index in [9.17, 15) is 47.9 Å². The number of nitrogens with two attached hydrogens (primary N) is 3. The molecule has 0 spiro atoms. The van der Waals surface area contributed by atoms with E-state index >= 15 is 0 Å². The summed E-state index contributed by atoms with van der Waals surface area (Å²) in [7, 11) is 0. The number of carboxylic acid groups (broad SMARTS) is 10. The molecule has 27 heteroatoms. The zero-order chi connectivity index (χ0) is 38.7. The molecule has 4 atom stereocenters. The number of carboxylic acids is 10. The Labute approximate surface area is 362 Å². The molecule has 0 amide bonds. The standard InChI is InChI=1S/C9H13NO8.3C5H9NO4.Ca.2Na.4H/c11-6(12)2-1-5(9(17)18)10(3-7(13)14)4-8(15)16;3*6-3(5(9)10)1-2-4(7)8;;;;;;;/h5H,1-4H2,(H,11,12)(H,13,14)(H,15,16)(H,17,18);3*3H,1-2,6H2,(H,7,8)(H,9,10);;;;;;;/t5-;3*3-;;;;;;;/m0000......./s1. The van der Waals surface area contributed by atoms with Crippen LogP contribution in [0.5, 0.6) is 0 Å². The summed E-state index contributed by atoms with van der Waals surface area (Å²) >= 11 is 0. The van der Waals surface area contributed by atoms with Crippen LogP contribution >= 0.6 is 0 Å². The fourth-order valence-electron chi connectivity index (χ4n) is 2.55. The molecule has 0 radical (unpaired) electrons. The van der Waals surface area contributed by atoms with Gasteiger partial charge in [0.2, 0.25) is 0 Å². The second kappa shape index (κ2) is 37.6. The van der Waals surface area contributed by atoms with E-state index in [0.717, 1.165) is 0 Å². The summed E-state index contributed by atoms with van der Waals surface area (Å²) in [4.78, 5) is 103. The van der Waals surface area contributed by atoms with Crippen molar-refractivity contribution in [1.82, 2.24) is 4.90 Å². The molecule has 0 bridgehead atoms. The molecule has 0 rings (SSSR count). The maximum absolute atomic E-state index is 10.9. The van der Waals surface area contributed by atoms with Gasteiger partial charge in [-0.1, -0.05) is 0 Å². The predicted molar refractivity (Wildman–Crippen MR) is 175 cm³/mol. The summed E-state index contributed by atoms with van der Waals surface area (Å²) in [6.45, 7) is -1.58. The van der Waals surface area contributed by atoms with E-state index in [1.165, 1.54) is 0 Å². The molecule has 284 valence electrons. The molecule has 24 nitrogen and oxygen atoms in total. The monoisotopic (exact) mass is 794 g/mol. The molecule has 0 aliphatic carbocycles. The first kappa shape index (κ1) is 63.8. The second-order valence-electron chi connectivity index (χ2n) is 9.11. The van der Waals surface area contributed by atoms with E-state index in [1.807, 2.05) is 0 Å². The van der Waals surface area contributed by atoms with E-state index in [1.54, 1.807) is 0 Å². The van der Waals surface area contributed by atoms with E-state index in [4.69, 9.17) is 68.3 Å². The third-order valence-electron chi connectivity index (χ3n) is 4.99. The fourth-order valence-corrected chi connectivity index (χ4v) is 2.55. The molecule has 0 heterocycles. The van der Waals surface area contributed by atoms with Crippen LogP contribution in [0.3, 0.4) is 0 Å². The van der Waals surface area contributed by atoms with Crippen molar-refractivity contribution in [3.8, 4) is 0 Å². The average molecular weight is 795 g/mol. The van der Waals surface area contributed by atoms with Gasteiger partial charge in [0.15, 0.2) is 0 Å². The molecule has 0 fully saturated rings. The summed E-state index contributed by atoms with van der Waals surface area (Å²) in [5, 5.41) is 83.2. The van der Waals surface area contributed by atoms with Gasteiger partial charge >= 0.3 is 157 Å². The van der Waals surface area contributed by atoms with Crippen LogP contribution < -0.4 is 17.2 Å². The topological polar surface area (TPSA) is 454 Å². The molecule has 0 aromatic heterocycles. The van der Waals surface area contributed by atoms with Crippen LogP contribution in [0.15, 0.2) is 0 Å². The van der Waals surface area contributed by atoms with Crippen molar-refractivity contribution in [2.75, 3.05) is 13.1 Å². The maximum atomic E-state index is 10.9. The molecule has 0 saturated heterocycles. The van der Waals surface area contributed by atoms with Gasteiger partial charge in [0.25, 0.3) is 0 Å². The third-order valence-corrected chi connectivity index (χ3v) is 4.99. The SMILES string of the molecule is N[C@@H](CCC(=O)O)C(=O)O.N[C@@H](CCC(=O)O)C(=O)O.N[C@@H](CCC(=O)O)C(=O)O.O=C(O)CC[C@@H](C(=O)O)N(CC(=O)O)CC(=O)O.[CaH2].[NaH].[NaH]. The third kappa shape index (κ3) is 47.8. The van der Waals surface area contributed by atoms with Crippen molar-refractivity contribution in [3.63, 3.8) is 0 Å². The van der Waals surface area contributed by atoms with Gasteiger partial charge in [-0.25, -0.2) is 0 Å². The van der Waals surface area contributed by atoms with Crippen molar-refractivity contribution < 1.29 is 99.0 Å². The van der Waals surface area contributed by atoms with E-state index in [0.29, 0.717) is 4.90 Å². The van der Waals surface area contributed by atoms with Crippen LogP contribution in [0.4, 0.5) is 0 Å². The van der Waals surface area contributed by atoms with Crippen molar-refractivity contribution >= 4 is 157 Å². The van der Waals surface area contributed by atoms with Crippen LogP contribution in [0.2, 0.25) is 0 Å².